The molecular formula is C26H19F3N2OS. The lowest BCUT2D eigenvalue weighted by Gasteiger charge is -2.20. The maximum atomic E-state index is 13.1. The molecule has 0 saturated carbocycles. The quantitative estimate of drug-likeness (QED) is 0.242. The number of carbonyl (C=O) groups excluding carboxylic acids is 1. The lowest BCUT2D eigenvalue weighted by Crippen LogP contribution is -2.16. The minimum absolute atomic E-state index is 0.140. The lowest BCUT2D eigenvalue weighted by molar-refractivity contribution is -0.136. The van der Waals surface area contributed by atoms with E-state index in [2.05, 4.69) is 23.3 Å². The number of halogens is 3. The van der Waals surface area contributed by atoms with E-state index in [0.717, 1.165) is 21.3 Å². The molecule has 1 atom stereocenters. The van der Waals surface area contributed by atoms with Crippen LogP contribution < -0.4 is 0 Å². The monoisotopic (exact) mass is 464 g/mol. The Morgan fingerprint density at radius 3 is 2.48 bits per heavy atom. The van der Waals surface area contributed by atoms with E-state index in [1.165, 1.54) is 10.1 Å². The van der Waals surface area contributed by atoms with Crippen LogP contribution in [-0.2, 0) is 0 Å². The third kappa shape index (κ3) is 4.41. The maximum absolute atomic E-state index is 13.1. The van der Waals surface area contributed by atoms with Gasteiger partial charge in [-0.2, -0.15) is 18.3 Å². The van der Waals surface area contributed by atoms with Crippen LogP contribution in [0.25, 0.3) is 31.4 Å². The summed E-state index contributed by atoms with van der Waals surface area (Å²) in [5, 5.41) is 6.52. The number of nitrogens with zero attached hydrogens (tertiary/aromatic N) is 2. The molecule has 1 unspecified atom stereocenters. The van der Waals surface area contributed by atoms with Crippen molar-refractivity contribution in [3.8, 4) is 10.4 Å². The van der Waals surface area contributed by atoms with E-state index in [-0.39, 0.29) is 6.42 Å². The van der Waals surface area contributed by atoms with Crippen LogP contribution in [0, 0.1) is 0 Å². The van der Waals surface area contributed by atoms with E-state index >= 15 is 0 Å². The Bertz CT molecular complexity index is 1400. The zero-order valence-electron chi connectivity index (χ0n) is 17.4. The van der Waals surface area contributed by atoms with Crippen molar-refractivity contribution < 1.29 is 18.0 Å². The standard InChI is InChI=1S/C26H19F3N2OS/c27-26(28,29)12-11-23(18-7-5-17(16-32)6-8-18)31-22-10-9-20(13-21(22)15-30-31)25-14-19-3-1-2-4-24(19)33-25/h1-10,13-16,23H,11-12H2. The fourth-order valence-corrected chi connectivity index (χ4v) is 5.17. The van der Waals surface area contributed by atoms with E-state index in [1.54, 1.807) is 46.5 Å². The molecule has 0 N–H and O–H groups in total. The summed E-state index contributed by atoms with van der Waals surface area (Å²) in [6, 6.07) is 22.3. The van der Waals surface area contributed by atoms with Crippen LogP contribution in [0.3, 0.4) is 0 Å². The average molecular weight is 465 g/mol. The summed E-state index contributed by atoms with van der Waals surface area (Å²) in [7, 11) is 0. The summed E-state index contributed by atoms with van der Waals surface area (Å²) in [5.74, 6) is 0. The first kappa shape index (κ1) is 21.4. The molecule has 0 aliphatic carbocycles. The molecule has 166 valence electrons. The van der Waals surface area contributed by atoms with E-state index in [9.17, 15) is 18.0 Å². The molecule has 0 amide bonds. The molecule has 0 fully saturated rings. The largest absolute Gasteiger partial charge is 0.389 e. The lowest BCUT2D eigenvalue weighted by atomic mass is 10.00. The Balaban J connectivity index is 1.54. The van der Waals surface area contributed by atoms with Gasteiger partial charge in [-0.3, -0.25) is 9.48 Å². The topological polar surface area (TPSA) is 34.9 Å². The van der Waals surface area contributed by atoms with Crippen molar-refractivity contribution in [3.63, 3.8) is 0 Å². The third-order valence-corrected chi connectivity index (χ3v) is 6.92. The second-order valence-electron chi connectivity index (χ2n) is 7.97. The van der Waals surface area contributed by atoms with Crippen LogP contribution in [0.2, 0.25) is 0 Å². The molecule has 7 heteroatoms. The van der Waals surface area contributed by atoms with Crippen LogP contribution in [0.15, 0.2) is 79.0 Å². The average Bonchev–Trinajstić information content (AvgIpc) is 3.43. The van der Waals surface area contributed by atoms with Gasteiger partial charge in [-0.25, -0.2) is 0 Å². The molecule has 5 aromatic rings. The highest BCUT2D eigenvalue weighted by Crippen LogP contribution is 2.36. The molecule has 0 bridgehead atoms. The Labute approximate surface area is 192 Å². The number of alkyl halides is 3. The van der Waals surface area contributed by atoms with Crippen molar-refractivity contribution in [2.45, 2.75) is 25.1 Å². The number of aldehydes is 1. The molecule has 5 rings (SSSR count). The number of thiophene rings is 1. The van der Waals surface area contributed by atoms with Gasteiger partial charge in [-0.1, -0.05) is 48.5 Å². The normalized spacial score (nSPS) is 12.9. The SMILES string of the molecule is O=Cc1ccc(C(CCC(F)(F)F)n2ncc3cc(-c4cc5ccccc5s4)ccc32)cc1. The minimum atomic E-state index is -4.27. The third-order valence-electron chi connectivity index (χ3n) is 5.76. The molecular weight excluding hydrogens is 445 g/mol. The van der Waals surface area contributed by atoms with Gasteiger partial charge >= 0.3 is 6.18 Å². The highest BCUT2D eigenvalue weighted by molar-refractivity contribution is 7.22. The number of hydrogen-bond acceptors (Lipinski definition) is 3. The van der Waals surface area contributed by atoms with E-state index in [1.807, 2.05) is 30.3 Å². The van der Waals surface area contributed by atoms with Crippen molar-refractivity contribution in [3.05, 3.63) is 90.1 Å². The van der Waals surface area contributed by atoms with E-state index in [0.29, 0.717) is 17.4 Å². The smallest absolute Gasteiger partial charge is 0.298 e. The van der Waals surface area contributed by atoms with Crippen molar-refractivity contribution in [2.75, 3.05) is 0 Å². The van der Waals surface area contributed by atoms with E-state index in [4.69, 9.17) is 0 Å². The van der Waals surface area contributed by atoms with Gasteiger partial charge in [-0.05, 0) is 47.2 Å². The fourth-order valence-electron chi connectivity index (χ4n) is 4.11. The summed E-state index contributed by atoms with van der Waals surface area (Å²) in [5.41, 5.74) is 2.98. The Hall–Kier alpha value is -3.45. The summed E-state index contributed by atoms with van der Waals surface area (Å²) in [6.07, 6.45) is -2.91. The number of carbonyl (C=O) groups is 1. The molecule has 33 heavy (non-hydrogen) atoms. The minimum Gasteiger partial charge on any atom is -0.298 e. The van der Waals surface area contributed by atoms with Crippen molar-refractivity contribution in [1.29, 1.82) is 0 Å². The van der Waals surface area contributed by atoms with Gasteiger partial charge in [0.1, 0.15) is 6.29 Å². The molecule has 0 aliphatic rings. The molecule has 0 radical (unpaired) electrons. The van der Waals surface area contributed by atoms with Crippen molar-refractivity contribution >= 4 is 38.6 Å². The van der Waals surface area contributed by atoms with Crippen molar-refractivity contribution in [1.82, 2.24) is 9.78 Å². The summed E-state index contributed by atoms with van der Waals surface area (Å²) in [6.45, 7) is 0. The fraction of sp³-hybridized carbons (Fsp3) is 0.154. The number of fused-ring (bicyclic) bond motifs is 2. The number of benzene rings is 3. The summed E-state index contributed by atoms with van der Waals surface area (Å²) in [4.78, 5) is 12.1. The van der Waals surface area contributed by atoms with Gasteiger partial charge in [-0.15, -0.1) is 11.3 Å². The predicted octanol–water partition coefficient (Wildman–Crippen LogP) is 7.66. The second-order valence-corrected chi connectivity index (χ2v) is 9.05. The van der Waals surface area contributed by atoms with Crippen LogP contribution in [-0.4, -0.2) is 22.2 Å². The molecule has 2 aromatic heterocycles. The Morgan fingerprint density at radius 1 is 0.970 bits per heavy atom. The first-order chi connectivity index (χ1) is 15.9. The molecule has 2 heterocycles. The molecule has 0 saturated heterocycles. The van der Waals surface area contributed by atoms with Gasteiger partial charge in [0.15, 0.2) is 0 Å². The van der Waals surface area contributed by atoms with Crippen LogP contribution in [0.5, 0.6) is 0 Å². The van der Waals surface area contributed by atoms with Gasteiger partial charge in [0, 0.05) is 26.9 Å². The first-order valence-electron chi connectivity index (χ1n) is 10.5. The van der Waals surface area contributed by atoms with Crippen LogP contribution >= 0.6 is 11.3 Å². The van der Waals surface area contributed by atoms with Crippen LogP contribution in [0.4, 0.5) is 13.2 Å². The summed E-state index contributed by atoms with van der Waals surface area (Å²) < 4.78 is 42.0. The highest BCUT2D eigenvalue weighted by Gasteiger charge is 2.30. The van der Waals surface area contributed by atoms with Gasteiger partial charge in [0.25, 0.3) is 0 Å². The molecule has 0 spiro atoms. The zero-order chi connectivity index (χ0) is 23.0. The molecule has 3 aromatic carbocycles. The van der Waals surface area contributed by atoms with Gasteiger partial charge in [0.05, 0.1) is 17.8 Å². The molecule has 0 aliphatic heterocycles. The van der Waals surface area contributed by atoms with E-state index < -0.39 is 18.6 Å². The van der Waals surface area contributed by atoms with Gasteiger partial charge in [0.2, 0.25) is 0 Å². The van der Waals surface area contributed by atoms with Gasteiger partial charge < -0.3 is 0 Å². The number of rotatable bonds is 6. The number of aromatic nitrogens is 2. The number of hydrogen-bond donors (Lipinski definition) is 0. The highest BCUT2D eigenvalue weighted by atomic mass is 32.1. The molecule has 3 nitrogen and oxygen atoms in total. The first-order valence-corrected chi connectivity index (χ1v) is 11.3. The Kier molecular flexibility index (Phi) is 5.50. The predicted molar refractivity (Wildman–Crippen MR) is 126 cm³/mol. The maximum Gasteiger partial charge on any atom is 0.389 e. The second kappa shape index (κ2) is 8.48. The Morgan fingerprint density at radius 2 is 1.76 bits per heavy atom. The van der Waals surface area contributed by atoms with Crippen molar-refractivity contribution in [2.24, 2.45) is 0 Å². The van der Waals surface area contributed by atoms with Crippen LogP contribution in [0.1, 0.15) is 34.8 Å². The summed E-state index contributed by atoms with van der Waals surface area (Å²) >= 11 is 1.70. The zero-order valence-corrected chi connectivity index (χ0v) is 18.2.